The minimum atomic E-state index is -3.63. The Morgan fingerprint density at radius 1 is 1.35 bits per heavy atom. The maximum Gasteiger partial charge on any atom is 0.311 e. The number of primary sulfonamides is 1. The lowest BCUT2D eigenvalue weighted by molar-refractivity contribution is -0.384. The molecule has 2 rings (SSSR count). The van der Waals surface area contributed by atoms with E-state index in [1.165, 1.54) is 0 Å². The van der Waals surface area contributed by atoms with E-state index in [1.54, 1.807) is 24.3 Å². The summed E-state index contributed by atoms with van der Waals surface area (Å²) in [6.45, 7) is -0.0202. The highest BCUT2D eigenvalue weighted by Crippen LogP contribution is 2.31. The molecule has 0 unspecified atom stereocenters. The minimum Gasteiger partial charge on any atom is -0.378 e. The molecule has 1 heterocycles. The van der Waals surface area contributed by atoms with Crippen LogP contribution in [-0.4, -0.2) is 30.6 Å². The lowest BCUT2D eigenvalue weighted by Crippen LogP contribution is -2.22. The summed E-state index contributed by atoms with van der Waals surface area (Å²) in [7, 11) is -3.63. The van der Waals surface area contributed by atoms with Gasteiger partial charge in [0.1, 0.15) is 11.9 Å². The van der Waals surface area contributed by atoms with Crippen LogP contribution in [0.25, 0.3) is 10.9 Å². The van der Waals surface area contributed by atoms with E-state index in [0.717, 1.165) is 6.20 Å². The van der Waals surface area contributed by atoms with Gasteiger partial charge in [-0.05, 0) is 6.07 Å². The molecule has 0 aliphatic carbocycles. The SMILES string of the molecule is NS(=O)(=O)CCNc1c([N+](=O)[O-])cnc2ccccc12. The number of aromatic nitrogens is 1. The molecule has 8 nitrogen and oxygen atoms in total. The first-order chi connectivity index (χ1) is 9.38. The van der Waals surface area contributed by atoms with Gasteiger partial charge in [-0.25, -0.2) is 18.5 Å². The molecule has 0 atom stereocenters. The number of hydrogen-bond acceptors (Lipinski definition) is 6. The van der Waals surface area contributed by atoms with Crippen LogP contribution >= 0.6 is 0 Å². The predicted octanol–water partition coefficient (Wildman–Crippen LogP) is 0.843. The van der Waals surface area contributed by atoms with E-state index in [9.17, 15) is 18.5 Å². The molecule has 0 bridgehead atoms. The molecule has 0 saturated heterocycles. The number of para-hydroxylation sites is 1. The zero-order chi connectivity index (χ0) is 14.8. The topological polar surface area (TPSA) is 128 Å². The van der Waals surface area contributed by atoms with Crippen molar-refractivity contribution in [2.45, 2.75) is 0 Å². The van der Waals surface area contributed by atoms with Crippen LogP contribution in [0.5, 0.6) is 0 Å². The summed E-state index contributed by atoms with van der Waals surface area (Å²) in [5.74, 6) is -0.319. The van der Waals surface area contributed by atoms with E-state index < -0.39 is 14.9 Å². The fourth-order valence-corrected chi connectivity index (χ4v) is 2.16. The Balaban J connectivity index is 2.42. The molecule has 0 fully saturated rings. The van der Waals surface area contributed by atoms with Gasteiger partial charge in [-0.2, -0.15) is 0 Å². The van der Waals surface area contributed by atoms with Gasteiger partial charge in [-0.15, -0.1) is 0 Å². The number of pyridine rings is 1. The van der Waals surface area contributed by atoms with Crippen LogP contribution in [0.15, 0.2) is 30.5 Å². The van der Waals surface area contributed by atoms with Crippen molar-refractivity contribution in [3.63, 3.8) is 0 Å². The molecular weight excluding hydrogens is 284 g/mol. The first-order valence-corrected chi connectivity index (χ1v) is 7.36. The van der Waals surface area contributed by atoms with Crippen LogP contribution in [-0.2, 0) is 10.0 Å². The van der Waals surface area contributed by atoms with Crippen molar-refractivity contribution in [3.8, 4) is 0 Å². The first kappa shape index (κ1) is 14.2. The predicted molar refractivity (Wildman–Crippen MR) is 74.9 cm³/mol. The van der Waals surface area contributed by atoms with Crippen molar-refractivity contribution in [2.24, 2.45) is 5.14 Å². The van der Waals surface area contributed by atoms with Crippen LogP contribution in [0.4, 0.5) is 11.4 Å². The molecule has 3 N–H and O–H groups in total. The lowest BCUT2D eigenvalue weighted by atomic mass is 10.1. The quantitative estimate of drug-likeness (QED) is 0.621. The molecule has 1 aromatic heterocycles. The second-order valence-corrected chi connectivity index (χ2v) is 5.82. The molecule has 0 aliphatic rings. The minimum absolute atomic E-state index is 0.0202. The van der Waals surface area contributed by atoms with Gasteiger partial charge < -0.3 is 5.32 Å². The summed E-state index contributed by atoms with van der Waals surface area (Å²) in [6, 6.07) is 6.87. The normalized spacial score (nSPS) is 11.4. The van der Waals surface area contributed by atoms with Gasteiger partial charge in [0.05, 0.1) is 16.2 Å². The van der Waals surface area contributed by atoms with Crippen molar-refractivity contribution in [1.82, 2.24) is 4.98 Å². The van der Waals surface area contributed by atoms with Crippen LogP contribution in [0.3, 0.4) is 0 Å². The highest BCUT2D eigenvalue weighted by molar-refractivity contribution is 7.89. The lowest BCUT2D eigenvalue weighted by Gasteiger charge is -2.09. The maximum absolute atomic E-state index is 11.0. The van der Waals surface area contributed by atoms with Gasteiger partial charge in [0, 0.05) is 11.9 Å². The average Bonchev–Trinajstić information content (AvgIpc) is 2.37. The molecule has 0 amide bonds. The monoisotopic (exact) mass is 296 g/mol. The summed E-state index contributed by atoms with van der Waals surface area (Å²) in [5.41, 5.74) is 0.610. The van der Waals surface area contributed by atoms with E-state index in [0.29, 0.717) is 10.9 Å². The number of rotatable bonds is 5. The molecule has 1 aromatic carbocycles. The molecule has 20 heavy (non-hydrogen) atoms. The van der Waals surface area contributed by atoms with E-state index >= 15 is 0 Å². The molecule has 0 saturated carbocycles. The Labute approximate surface area is 114 Å². The number of benzene rings is 1. The largest absolute Gasteiger partial charge is 0.378 e. The Hall–Kier alpha value is -2.26. The molecule has 9 heteroatoms. The number of sulfonamides is 1. The Bertz CT molecular complexity index is 760. The molecule has 2 aromatic rings. The highest BCUT2D eigenvalue weighted by atomic mass is 32.2. The van der Waals surface area contributed by atoms with Gasteiger partial charge in [-0.1, -0.05) is 18.2 Å². The Morgan fingerprint density at radius 2 is 2.05 bits per heavy atom. The zero-order valence-electron chi connectivity index (χ0n) is 10.3. The third-order valence-corrected chi connectivity index (χ3v) is 3.41. The molecular formula is C11H12N4O4S. The second-order valence-electron chi connectivity index (χ2n) is 4.09. The van der Waals surface area contributed by atoms with E-state index in [-0.39, 0.29) is 23.7 Å². The fraction of sp³-hybridized carbons (Fsp3) is 0.182. The molecule has 0 aliphatic heterocycles. The van der Waals surface area contributed by atoms with E-state index in [2.05, 4.69) is 10.3 Å². The Morgan fingerprint density at radius 3 is 2.70 bits per heavy atom. The number of hydrogen-bond donors (Lipinski definition) is 2. The molecule has 0 spiro atoms. The number of nitrogens with one attached hydrogen (secondary N) is 1. The van der Waals surface area contributed by atoms with Gasteiger partial charge in [0.15, 0.2) is 0 Å². The Kier molecular flexibility index (Phi) is 3.81. The van der Waals surface area contributed by atoms with Crippen molar-refractivity contribution in [1.29, 1.82) is 0 Å². The van der Waals surface area contributed by atoms with Crippen LogP contribution < -0.4 is 10.5 Å². The van der Waals surface area contributed by atoms with Gasteiger partial charge in [0.25, 0.3) is 0 Å². The third kappa shape index (κ3) is 3.19. The second kappa shape index (κ2) is 5.39. The smallest absolute Gasteiger partial charge is 0.311 e. The molecule has 106 valence electrons. The summed E-state index contributed by atoms with van der Waals surface area (Å²) < 4.78 is 21.8. The van der Waals surface area contributed by atoms with Gasteiger partial charge in [0.2, 0.25) is 10.0 Å². The van der Waals surface area contributed by atoms with Gasteiger partial charge in [-0.3, -0.25) is 10.1 Å². The zero-order valence-corrected chi connectivity index (χ0v) is 11.1. The standard InChI is InChI=1S/C11H12N4O4S/c12-20(18,19)6-5-13-11-8-3-1-2-4-9(8)14-7-10(11)15(16)17/h1-4,7H,5-6H2,(H,13,14)(H2,12,18,19). The number of nitrogens with two attached hydrogens (primary N) is 1. The summed E-state index contributed by atoms with van der Waals surface area (Å²) in [5, 5.41) is 19.2. The van der Waals surface area contributed by atoms with Crippen molar-refractivity contribution < 1.29 is 13.3 Å². The number of fused-ring (bicyclic) bond motifs is 1. The average molecular weight is 296 g/mol. The number of anilines is 1. The van der Waals surface area contributed by atoms with Crippen molar-refractivity contribution in [2.75, 3.05) is 17.6 Å². The number of nitro groups is 1. The van der Waals surface area contributed by atoms with Crippen LogP contribution in [0.1, 0.15) is 0 Å². The van der Waals surface area contributed by atoms with Crippen molar-refractivity contribution >= 4 is 32.3 Å². The fourth-order valence-electron chi connectivity index (χ4n) is 1.77. The summed E-state index contributed by atoms with van der Waals surface area (Å²) in [6.07, 6.45) is 1.14. The molecule has 0 radical (unpaired) electrons. The first-order valence-electron chi connectivity index (χ1n) is 5.65. The summed E-state index contributed by atoms with van der Waals surface area (Å²) >= 11 is 0. The highest BCUT2D eigenvalue weighted by Gasteiger charge is 2.17. The number of nitrogens with zero attached hydrogens (tertiary/aromatic N) is 2. The van der Waals surface area contributed by atoms with Crippen LogP contribution in [0, 0.1) is 10.1 Å². The maximum atomic E-state index is 11.0. The van der Waals surface area contributed by atoms with Crippen LogP contribution in [0.2, 0.25) is 0 Å². The van der Waals surface area contributed by atoms with E-state index in [1.807, 2.05) is 0 Å². The van der Waals surface area contributed by atoms with Gasteiger partial charge >= 0.3 is 5.69 Å². The summed E-state index contributed by atoms with van der Waals surface area (Å²) in [4.78, 5) is 14.4. The van der Waals surface area contributed by atoms with E-state index in [4.69, 9.17) is 5.14 Å². The van der Waals surface area contributed by atoms with Crippen molar-refractivity contribution in [3.05, 3.63) is 40.6 Å². The third-order valence-electron chi connectivity index (χ3n) is 2.64.